The van der Waals surface area contributed by atoms with E-state index in [4.69, 9.17) is 5.14 Å². The maximum atomic E-state index is 11.7. The van der Waals surface area contributed by atoms with Crippen LogP contribution in [0.25, 0.3) is 0 Å². The monoisotopic (exact) mass is 285 g/mol. The van der Waals surface area contributed by atoms with Crippen LogP contribution in [0, 0.1) is 10.1 Å². The number of primary sulfonamides is 1. The van der Waals surface area contributed by atoms with Crippen LogP contribution in [-0.2, 0) is 14.8 Å². The molecule has 1 fully saturated rings. The van der Waals surface area contributed by atoms with Gasteiger partial charge in [-0.15, -0.1) is 0 Å². The molecule has 1 aromatic carbocycles. The van der Waals surface area contributed by atoms with Crippen molar-refractivity contribution < 1.29 is 18.1 Å². The smallest absolute Gasteiger partial charge is 0.269 e. The number of hydrogen-bond acceptors (Lipinski definition) is 5. The van der Waals surface area contributed by atoms with Crippen LogP contribution >= 0.6 is 0 Å². The van der Waals surface area contributed by atoms with E-state index in [0.717, 1.165) is 0 Å². The van der Waals surface area contributed by atoms with E-state index in [1.807, 2.05) is 0 Å². The predicted octanol–water partition coefficient (Wildman–Crippen LogP) is -0.0114. The molecule has 1 aliphatic rings. The lowest BCUT2D eigenvalue weighted by atomic mass is 10.2. The van der Waals surface area contributed by atoms with Gasteiger partial charge in [-0.3, -0.25) is 14.9 Å². The number of non-ortho nitro benzene ring substituents is 1. The summed E-state index contributed by atoms with van der Waals surface area (Å²) in [6, 6.07) is 5.32. The molecule has 2 rings (SSSR count). The van der Waals surface area contributed by atoms with Crippen LogP contribution in [0.1, 0.15) is 6.42 Å². The summed E-state index contributed by atoms with van der Waals surface area (Å²) in [6.45, 7) is -0.0323. The zero-order chi connectivity index (χ0) is 14.2. The first-order valence-corrected chi connectivity index (χ1v) is 6.96. The second kappa shape index (κ2) is 4.59. The Hall–Kier alpha value is -2.00. The Morgan fingerprint density at radius 3 is 2.32 bits per heavy atom. The molecule has 0 bridgehead atoms. The molecule has 102 valence electrons. The van der Waals surface area contributed by atoms with Crippen LogP contribution < -0.4 is 10.0 Å². The number of carbonyl (C=O) groups excluding carboxylic acids is 1. The molecule has 1 amide bonds. The molecule has 19 heavy (non-hydrogen) atoms. The fraction of sp³-hybridized carbons (Fsp3) is 0.300. The number of amides is 1. The molecule has 0 spiro atoms. The highest BCUT2D eigenvalue weighted by Gasteiger charge is 2.37. The third-order valence-corrected chi connectivity index (χ3v) is 4.17. The standard InChI is InChI=1S/C10H11N3O5S/c11-19(17,18)9-5-10(14)12(6-9)7-1-3-8(4-2-7)13(15)16/h1-4,9H,5-6H2,(H2,11,17,18). The minimum atomic E-state index is -3.77. The van der Waals surface area contributed by atoms with Gasteiger partial charge in [-0.1, -0.05) is 0 Å². The molecular formula is C10H11N3O5S. The molecule has 1 heterocycles. The summed E-state index contributed by atoms with van der Waals surface area (Å²) in [5.41, 5.74) is 0.320. The number of nitrogens with zero attached hydrogens (tertiary/aromatic N) is 2. The number of benzene rings is 1. The van der Waals surface area contributed by atoms with Gasteiger partial charge in [0.1, 0.15) is 5.25 Å². The van der Waals surface area contributed by atoms with Gasteiger partial charge >= 0.3 is 0 Å². The molecule has 1 aliphatic heterocycles. The topological polar surface area (TPSA) is 124 Å². The van der Waals surface area contributed by atoms with Crippen LogP contribution in [0.4, 0.5) is 11.4 Å². The van der Waals surface area contributed by atoms with Gasteiger partial charge < -0.3 is 4.90 Å². The third kappa shape index (κ3) is 2.71. The second-order valence-corrected chi connectivity index (χ2v) is 6.04. The van der Waals surface area contributed by atoms with Gasteiger partial charge in [-0.05, 0) is 12.1 Å². The zero-order valence-electron chi connectivity index (χ0n) is 9.72. The van der Waals surface area contributed by atoms with Gasteiger partial charge in [0.2, 0.25) is 15.9 Å². The average Bonchev–Trinajstić information content (AvgIpc) is 2.71. The normalized spacial score (nSPS) is 19.7. The fourth-order valence-electron chi connectivity index (χ4n) is 1.90. The van der Waals surface area contributed by atoms with E-state index < -0.39 is 20.2 Å². The van der Waals surface area contributed by atoms with Gasteiger partial charge in [-0.25, -0.2) is 13.6 Å². The Balaban J connectivity index is 2.23. The largest absolute Gasteiger partial charge is 0.311 e. The summed E-state index contributed by atoms with van der Waals surface area (Å²) < 4.78 is 22.4. The van der Waals surface area contributed by atoms with E-state index in [-0.39, 0.29) is 24.6 Å². The summed E-state index contributed by atoms with van der Waals surface area (Å²) in [7, 11) is -3.77. The number of nitrogens with two attached hydrogens (primary N) is 1. The van der Waals surface area contributed by atoms with E-state index in [1.165, 1.54) is 29.2 Å². The van der Waals surface area contributed by atoms with Gasteiger partial charge in [0, 0.05) is 30.8 Å². The van der Waals surface area contributed by atoms with Gasteiger partial charge in [0.25, 0.3) is 5.69 Å². The molecule has 2 N–H and O–H groups in total. The number of hydrogen-bond donors (Lipinski definition) is 1. The highest BCUT2D eigenvalue weighted by atomic mass is 32.2. The van der Waals surface area contributed by atoms with E-state index in [9.17, 15) is 23.3 Å². The van der Waals surface area contributed by atoms with Crippen LogP contribution in [0.3, 0.4) is 0 Å². The highest BCUT2D eigenvalue weighted by Crippen LogP contribution is 2.25. The lowest BCUT2D eigenvalue weighted by Crippen LogP contribution is -2.32. The SMILES string of the molecule is NS(=O)(=O)C1CC(=O)N(c2ccc([N+](=O)[O-])cc2)C1. The molecule has 0 aromatic heterocycles. The predicted molar refractivity (Wildman–Crippen MR) is 67.0 cm³/mol. The average molecular weight is 285 g/mol. The Bertz CT molecular complexity index is 625. The van der Waals surface area contributed by atoms with Gasteiger partial charge in [-0.2, -0.15) is 0 Å². The fourth-order valence-corrected chi connectivity index (χ4v) is 2.63. The van der Waals surface area contributed by atoms with Crippen molar-refractivity contribution in [2.75, 3.05) is 11.4 Å². The van der Waals surface area contributed by atoms with Crippen LogP contribution in [0.15, 0.2) is 24.3 Å². The third-order valence-electron chi connectivity index (χ3n) is 2.93. The van der Waals surface area contributed by atoms with E-state index in [0.29, 0.717) is 5.69 Å². The summed E-state index contributed by atoms with van der Waals surface area (Å²) in [4.78, 5) is 22.9. The molecule has 0 radical (unpaired) electrons. The summed E-state index contributed by atoms with van der Waals surface area (Å²) >= 11 is 0. The number of nitro benzene ring substituents is 1. The first-order chi connectivity index (χ1) is 8.79. The molecule has 0 aliphatic carbocycles. The Morgan fingerprint density at radius 2 is 1.89 bits per heavy atom. The van der Waals surface area contributed by atoms with E-state index in [2.05, 4.69) is 0 Å². The van der Waals surface area contributed by atoms with Crippen molar-refractivity contribution in [3.05, 3.63) is 34.4 Å². The number of anilines is 1. The summed E-state index contributed by atoms with van der Waals surface area (Å²) in [5, 5.41) is 14.6. The number of nitro groups is 1. The van der Waals surface area contributed by atoms with Crippen molar-refractivity contribution in [2.24, 2.45) is 5.14 Å². The Kier molecular flexibility index (Phi) is 3.25. The summed E-state index contributed by atoms with van der Waals surface area (Å²) in [6.07, 6.45) is -0.171. The quantitative estimate of drug-likeness (QED) is 0.617. The van der Waals surface area contributed by atoms with Crippen molar-refractivity contribution in [3.63, 3.8) is 0 Å². The van der Waals surface area contributed by atoms with E-state index >= 15 is 0 Å². The molecular weight excluding hydrogens is 274 g/mol. The Labute approximate surface area is 109 Å². The van der Waals surface area contributed by atoms with Gasteiger partial charge in [0.05, 0.1) is 4.92 Å². The minimum absolute atomic E-state index is 0.0323. The van der Waals surface area contributed by atoms with Crippen molar-refractivity contribution in [1.29, 1.82) is 0 Å². The van der Waals surface area contributed by atoms with Gasteiger partial charge in [0.15, 0.2) is 0 Å². The summed E-state index contributed by atoms with van der Waals surface area (Å²) in [5.74, 6) is -0.368. The first kappa shape index (κ1) is 13.4. The lowest BCUT2D eigenvalue weighted by Gasteiger charge is -2.15. The van der Waals surface area contributed by atoms with Crippen LogP contribution in [-0.4, -0.2) is 31.0 Å². The number of carbonyl (C=O) groups is 1. The maximum absolute atomic E-state index is 11.7. The second-order valence-electron chi connectivity index (χ2n) is 4.19. The zero-order valence-corrected chi connectivity index (χ0v) is 10.5. The maximum Gasteiger partial charge on any atom is 0.269 e. The number of rotatable bonds is 3. The minimum Gasteiger partial charge on any atom is -0.311 e. The highest BCUT2D eigenvalue weighted by molar-refractivity contribution is 7.89. The lowest BCUT2D eigenvalue weighted by molar-refractivity contribution is -0.384. The van der Waals surface area contributed by atoms with Crippen molar-refractivity contribution in [1.82, 2.24) is 0 Å². The van der Waals surface area contributed by atoms with E-state index in [1.54, 1.807) is 0 Å². The van der Waals surface area contributed by atoms with Crippen molar-refractivity contribution in [3.8, 4) is 0 Å². The van der Waals surface area contributed by atoms with Crippen LogP contribution in [0.5, 0.6) is 0 Å². The first-order valence-electron chi connectivity index (χ1n) is 5.35. The molecule has 0 saturated carbocycles. The molecule has 9 heteroatoms. The van der Waals surface area contributed by atoms with Crippen LogP contribution in [0.2, 0.25) is 0 Å². The van der Waals surface area contributed by atoms with Crippen molar-refractivity contribution in [2.45, 2.75) is 11.7 Å². The molecule has 1 saturated heterocycles. The molecule has 1 atom stereocenters. The number of sulfonamides is 1. The van der Waals surface area contributed by atoms with Crippen molar-refractivity contribution >= 4 is 27.3 Å². The Morgan fingerprint density at radius 1 is 1.32 bits per heavy atom. The molecule has 1 aromatic rings. The molecule has 1 unspecified atom stereocenters. The molecule has 8 nitrogen and oxygen atoms in total.